The van der Waals surface area contributed by atoms with Gasteiger partial charge in [-0.1, -0.05) is 0 Å². The van der Waals surface area contributed by atoms with Crippen LogP contribution >= 0.6 is 0 Å². The minimum absolute atomic E-state index is 0.0778. The molecular formula is C24H28N8O4. The van der Waals surface area contributed by atoms with Gasteiger partial charge in [-0.25, -0.2) is 5.43 Å². The quantitative estimate of drug-likeness (QED) is 0.296. The predicted molar refractivity (Wildman–Crippen MR) is 136 cm³/mol. The number of nitro groups is 1. The third-order valence-corrected chi connectivity index (χ3v) is 6.21. The first-order valence-electron chi connectivity index (χ1n) is 12.0. The largest absolute Gasteiger partial charge is 0.455 e. The highest BCUT2D eigenvalue weighted by molar-refractivity contribution is 5.78. The zero-order chi connectivity index (χ0) is 24.9. The average molecular weight is 493 g/mol. The fourth-order valence-corrected chi connectivity index (χ4v) is 4.29. The Morgan fingerprint density at radius 3 is 2.42 bits per heavy atom. The van der Waals surface area contributed by atoms with E-state index in [0.29, 0.717) is 48.1 Å². The molecule has 0 spiro atoms. The van der Waals surface area contributed by atoms with E-state index in [1.165, 1.54) is 12.5 Å². The molecule has 3 aromatic rings. The molecule has 2 saturated heterocycles. The van der Waals surface area contributed by atoms with Crippen LogP contribution in [0.5, 0.6) is 0 Å². The van der Waals surface area contributed by atoms with Crippen molar-refractivity contribution in [3.05, 3.63) is 51.8 Å². The standard InChI is InChI=1S/C24H28N8O4/c1-17-15-18(5-7-20(17)32(33)34)21-8-6-19(36-21)16-25-29-22-26-23(30-9-3-2-4-10-30)28-24(27-22)31-11-13-35-14-12-31/h5-8,15-16H,2-4,9-14H2,1H3,(H,26,27,28,29)/b25-16-. The summed E-state index contributed by atoms with van der Waals surface area (Å²) < 4.78 is 11.3. The van der Waals surface area contributed by atoms with Crippen LogP contribution in [0.3, 0.4) is 0 Å². The summed E-state index contributed by atoms with van der Waals surface area (Å²) in [5, 5.41) is 15.3. The van der Waals surface area contributed by atoms with Gasteiger partial charge in [0.2, 0.25) is 17.8 Å². The summed E-state index contributed by atoms with van der Waals surface area (Å²) in [6.07, 6.45) is 5.00. The first-order chi connectivity index (χ1) is 17.6. The second-order valence-corrected chi connectivity index (χ2v) is 8.74. The number of furan rings is 1. The fourth-order valence-electron chi connectivity index (χ4n) is 4.29. The number of nitrogens with one attached hydrogen (secondary N) is 1. The van der Waals surface area contributed by atoms with Crippen LogP contribution in [0.2, 0.25) is 0 Å². The highest BCUT2D eigenvalue weighted by Gasteiger charge is 2.20. The van der Waals surface area contributed by atoms with E-state index in [9.17, 15) is 10.1 Å². The molecule has 1 aromatic carbocycles. The molecule has 1 N–H and O–H groups in total. The molecule has 2 aromatic heterocycles. The van der Waals surface area contributed by atoms with Gasteiger partial charge in [-0.2, -0.15) is 20.1 Å². The number of aryl methyl sites for hydroxylation is 1. The van der Waals surface area contributed by atoms with Gasteiger partial charge in [-0.3, -0.25) is 10.1 Å². The Bertz CT molecular complexity index is 1210. The number of aromatic nitrogens is 3. The molecule has 12 nitrogen and oxygen atoms in total. The molecule has 4 heterocycles. The minimum Gasteiger partial charge on any atom is -0.455 e. The molecule has 2 aliphatic rings. The van der Waals surface area contributed by atoms with Crippen molar-refractivity contribution < 1.29 is 14.1 Å². The Hall–Kier alpha value is -4.06. The molecule has 2 aliphatic heterocycles. The molecule has 0 radical (unpaired) electrons. The first-order valence-corrected chi connectivity index (χ1v) is 12.0. The van der Waals surface area contributed by atoms with Crippen molar-refractivity contribution >= 4 is 29.7 Å². The van der Waals surface area contributed by atoms with Gasteiger partial charge in [-0.15, -0.1) is 0 Å². The molecule has 36 heavy (non-hydrogen) atoms. The maximum atomic E-state index is 11.1. The number of benzene rings is 1. The third kappa shape index (κ3) is 5.43. The molecule has 5 rings (SSSR count). The summed E-state index contributed by atoms with van der Waals surface area (Å²) in [7, 11) is 0. The van der Waals surface area contributed by atoms with Crippen LogP contribution in [-0.4, -0.2) is 65.5 Å². The van der Waals surface area contributed by atoms with E-state index in [1.807, 2.05) is 0 Å². The minimum atomic E-state index is -0.395. The van der Waals surface area contributed by atoms with Gasteiger partial charge in [0.15, 0.2) is 0 Å². The number of ether oxygens (including phenoxy) is 1. The van der Waals surface area contributed by atoms with E-state index in [2.05, 4.69) is 30.3 Å². The summed E-state index contributed by atoms with van der Waals surface area (Å²) in [5.74, 6) is 2.74. The van der Waals surface area contributed by atoms with Gasteiger partial charge in [-0.05, 0) is 50.5 Å². The lowest BCUT2D eigenvalue weighted by molar-refractivity contribution is -0.385. The molecule has 0 atom stereocenters. The van der Waals surface area contributed by atoms with E-state index in [0.717, 1.165) is 44.6 Å². The zero-order valence-corrected chi connectivity index (χ0v) is 20.1. The molecular weight excluding hydrogens is 464 g/mol. The number of rotatable bonds is 7. The maximum absolute atomic E-state index is 11.1. The summed E-state index contributed by atoms with van der Waals surface area (Å²) >= 11 is 0. The topological polar surface area (TPSA) is 135 Å². The van der Waals surface area contributed by atoms with Crippen LogP contribution in [0.15, 0.2) is 39.9 Å². The smallest absolute Gasteiger partial charge is 0.272 e. The molecule has 0 aliphatic carbocycles. The predicted octanol–water partition coefficient (Wildman–Crippen LogP) is 3.62. The Kier molecular flexibility index (Phi) is 7.03. The number of hydrogen-bond acceptors (Lipinski definition) is 11. The number of hydrogen-bond donors (Lipinski definition) is 1. The monoisotopic (exact) mass is 492 g/mol. The van der Waals surface area contributed by atoms with Crippen LogP contribution in [0.25, 0.3) is 11.3 Å². The Morgan fingerprint density at radius 1 is 1.00 bits per heavy atom. The highest BCUT2D eigenvalue weighted by atomic mass is 16.6. The van der Waals surface area contributed by atoms with Crippen molar-refractivity contribution in [2.24, 2.45) is 5.10 Å². The van der Waals surface area contributed by atoms with Crippen LogP contribution in [0.1, 0.15) is 30.6 Å². The van der Waals surface area contributed by atoms with E-state index in [-0.39, 0.29) is 5.69 Å². The first kappa shape index (κ1) is 23.7. The van der Waals surface area contributed by atoms with Crippen molar-refractivity contribution in [3.63, 3.8) is 0 Å². The van der Waals surface area contributed by atoms with Crippen LogP contribution < -0.4 is 15.2 Å². The maximum Gasteiger partial charge on any atom is 0.272 e. The number of nitrogens with zero attached hydrogens (tertiary/aromatic N) is 7. The van der Waals surface area contributed by atoms with E-state index in [1.54, 1.807) is 37.4 Å². The molecule has 2 fully saturated rings. The van der Waals surface area contributed by atoms with Crippen LogP contribution in [0, 0.1) is 17.0 Å². The van der Waals surface area contributed by atoms with Crippen molar-refractivity contribution in [2.75, 3.05) is 54.6 Å². The third-order valence-electron chi connectivity index (χ3n) is 6.21. The second-order valence-electron chi connectivity index (χ2n) is 8.74. The van der Waals surface area contributed by atoms with Crippen molar-refractivity contribution in [2.45, 2.75) is 26.2 Å². The Labute approximate surface area is 208 Å². The lowest BCUT2D eigenvalue weighted by Gasteiger charge is -2.30. The number of nitro benzene ring substituents is 1. The lowest BCUT2D eigenvalue weighted by Crippen LogP contribution is -2.38. The van der Waals surface area contributed by atoms with Gasteiger partial charge in [0.05, 0.1) is 24.4 Å². The molecule has 0 bridgehead atoms. The summed E-state index contributed by atoms with van der Waals surface area (Å²) in [5.41, 5.74) is 4.32. The molecule has 0 unspecified atom stereocenters. The molecule has 188 valence electrons. The van der Waals surface area contributed by atoms with Gasteiger partial charge in [0, 0.05) is 43.4 Å². The highest BCUT2D eigenvalue weighted by Crippen LogP contribution is 2.27. The van der Waals surface area contributed by atoms with E-state index >= 15 is 0 Å². The van der Waals surface area contributed by atoms with Crippen molar-refractivity contribution in [3.8, 4) is 11.3 Å². The number of piperidine rings is 1. The van der Waals surface area contributed by atoms with Gasteiger partial charge >= 0.3 is 0 Å². The fraction of sp³-hybridized carbons (Fsp3) is 0.417. The number of hydrazone groups is 1. The molecule has 12 heteroatoms. The van der Waals surface area contributed by atoms with E-state index in [4.69, 9.17) is 14.1 Å². The Morgan fingerprint density at radius 2 is 1.72 bits per heavy atom. The lowest BCUT2D eigenvalue weighted by atomic mass is 10.1. The summed E-state index contributed by atoms with van der Waals surface area (Å²) in [6.45, 7) is 6.28. The SMILES string of the molecule is Cc1cc(-c2ccc(/C=N\Nc3nc(N4CCCCC4)nc(N4CCOCC4)n3)o2)ccc1[N+](=O)[O-]. The Balaban J connectivity index is 1.32. The van der Waals surface area contributed by atoms with Crippen molar-refractivity contribution in [1.82, 2.24) is 15.0 Å². The van der Waals surface area contributed by atoms with Crippen LogP contribution in [0.4, 0.5) is 23.5 Å². The number of morpholine rings is 1. The van der Waals surface area contributed by atoms with Gasteiger partial charge in [0.25, 0.3) is 5.69 Å². The van der Waals surface area contributed by atoms with Gasteiger partial charge in [0.1, 0.15) is 11.5 Å². The van der Waals surface area contributed by atoms with Crippen LogP contribution in [-0.2, 0) is 4.74 Å². The summed E-state index contributed by atoms with van der Waals surface area (Å²) in [4.78, 5) is 28.9. The van der Waals surface area contributed by atoms with Crippen molar-refractivity contribution in [1.29, 1.82) is 0 Å². The van der Waals surface area contributed by atoms with Gasteiger partial charge < -0.3 is 19.0 Å². The van der Waals surface area contributed by atoms with E-state index < -0.39 is 4.92 Å². The molecule has 0 saturated carbocycles. The molecule has 0 amide bonds. The zero-order valence-electron chi connectivity index (χ0n) is 20.1. The normalized spacial score (nSPS) is 16.5. The average Bonchev–Trinajstić information content (AvgIpc) is 3.38. The number of anilines is 3. The second kappa shape index (κ2) is 10.7. The summed E-state index contributed by atoms with van der Waals surface area (Å²) in [6, 6.07) is 8.47.